The van der Waals surface area contributed by atoms with Crippen molar-refractivity contribution in [1.82, 2.24) is 9.80 Å². The van der Waals surface area contributed by atoms with E-state index >= 15 is 0 Å². The Bertz CT molecular complexity index is 974. The first kappa shape index (κ1) is 24.5. The molecule has 0 unspecified atom stereocenters. The Hall–Kier alpha value is -2.62. The molecule has 0 bridgehead atoms. The lowest BCUT2D eigenvalue weighted by Crippen LogP contribution is -2.49. The Balaban J connectivity index is 1.48. The molecule has 0 spiro atoms. The first-order valence-corrected chi connectivity index (χ1v) is 12.5. The van der Waals surface area contributed by atoms with Crippen LogP contribution in [0.25, 0.3) is 0 Å². The standard InChI is InChI=1S/C25H32N2O6S/c1-30-17-25(29)26(14-20-7-4-11-32-20)15-24(28)27-10-8-23-21(9-12-34-23)22(27)16-33-19-6-3-5-18(13-19)31-2/h3,5-6,9,12-13,20,22H,4,7-8,10-11,14-17H2,1-2H3/t20-,22-/m0/s1. The normalized spacial score (nSPS) is 19.5. The van der Waals surface area contributed by atoms with Gasteiger partial charge in [0.05, 0.1) is 25.8 Å². The van der Waals surface area contributed by atoms with Crippen LogP contribution in [-0.4, -0.2) is 81.4 Å². The van der Waals surface area contributed by atoms with Gasteiger partial charge in [0.15, 0.2) is 0 Å². The SMILES string of the molecule is COCC(=O)N(CC(=O)N1CCc2sccc2[C@@H]1COc1cccc(OC)c1)C[C@@H]1CCCO1. The molecule has 0 N–H and O–H groups in total. The molecule has 1 aromatic heterocycles. The van der Waals surface area contributed by atoms with Crippen molar-refractivity contribution in [3.8, 4) is 11.5 Å². The van der Waals surface area contributed by atoms with Crippen LogP contribution in [-0.2, 0) is 25.5 Å². The van der Waals surface area contributed by atoms with Gasteiger partial charge in [-0.05, 0) is 48.4 Å². The molecule has 2 aliphatic rings. The predicted octanol–water partition coefficient (Wildman–Crippen LogP) is 2.92. The Labute approximate surface area is 204 Å². The van der Waals surface area contributed by atoms with Crippen LogP contribution in [0.3, 0.4) is 0 Å². The Morgan fingerprint density at radius 1 is 1.24 bits per heavy atom. The third-order valence-electron chi connectivity index (χ3n) is 6.26. The monoisotopic (exact) mass is 488 g/mol. The molecular formula is C25H32N2O6S. The average molecular weight is 489 g/mol. The van der Waals surface area contributed by atoms with Gasteiger partial charge in [-0.2, -0.15) is 0 Å². The van der Waals surface area contributed by atoms with E-state index < -0.39 is 0 Å². The largest absolute Gasteiger partial charge is 0.497 e. The number of carbonyl (C=O) groups excluding carboxylic acids is 2. The van der Waals surface area contributed by atoms with Crippen molar-refractivity contribution in [2.45, 2.75) is 31.4 Å². The number of carbonyl (C=O) groups is 2. The summed E-state index contributed by atoms with van der Waals surface area (Å²) in [5.74, 6) is 1.10. The number of amides is 2. The molecule has 2 atom stereocenters. The Kier molecular flexibility index (Phi) is 8.42. The summed E-state index contributed by atoms with van der Waals surface area (Å²) < 4.78 is 22.2. The van der Waals surface area contributed by atoms with Crippen LogP contribution in [0.5, 0.6) is 11.5 Å². The highest BCUT2D eigenvalue weighted by atomic mass is 32.1. The summed E-state index contributed by atoms with van der Waals surface area (Å²) in [5.41, 5.74) is 1.11. The first-order chi connectivity index (χ1) is 16.6. The number of thiophene rings is 1. The van der Waals surface area contributed by atoms with E-state index in [1.54, 1.807) is 23.3 Å². The van der Waals surface area contributed by atoms with Gasteiger partial charge in [-0.25, -0.2) is 0 Å². The molecule has 184 valence electrons. The molecule has 1 saturated heterocycles. The summed E-state index contributed by atoms with van der Waals surface area (Å²) in [4.78, 5) is 30.9. The fourth-order valence-electron chi connectivity index (χ4n) is 4.50. The van der Waals surface area contributed by atoms with Gasteiger partial charge in [-0.3, -0.25) is 9.59 Å². The minimum absolute atomic E-state index is 0.00279. The summed E-state index contributed by atoms with van der Waals surface area (Å²) in [7, 11) is 3.10. The van der Waals surface area contributed by atoms with Crippen LogP contribution < -0.4 is 9.47 Å². The highest BCUT2D eigenvalue weighted by molar-refractivity contribution is 7.10. The summed E-state index contributed by atoms with van der Waals surface area (Å²) in [6, 6.07) is 9.28. The summed E-state index contributed by atoms with van der Waals surface area (Å²) in [6.07, 6.45) is 2.63. The number of ether oxygens (including phenoxy) is 4. The van der Waals surface area contributed by atoms with Crippen LogP contribution in [0, 0.1) is 0 Å². The van der Waals surface area contributed by atoms with E-state index in [2.05, 4.69) is 11.4 Å². The van der Waals surface area contributed by atoms with E-state index in [9.17, 15) is 9.59 Å². The molecule has 2 amide bonds. The zero-order chi connectivity index (χ0) is 23.9. The van der Waals surface area contributed by atoms with Crippen molar-refractivity contribution in [3.05, 3.63) is 46.2 Å². The predicted molar refractivity (Wildman–Crippen MR) is 128 cm³/mol. The van der Waals surface area contributed by atoms with Gasteiger partial charge in [0.25, 0.3) is 0 Å². The number of hydrogen-bond acceptors (Lipinski definition) is 7. The summed E-state index contributed by atoms with van der Waals surface area (Å²) >= 11 is 1.71. The van der Waals surface area contributed by atoms with E-state index in [1.807, 2.05) is 29.2 Å². The highest BCUT2D eigenvalue weighted by Gasteiger charge is 2.34. The molecule has 2 aliphatic heterocycles. The van der Waals surface area contributed by atoms with E-state index in [0.29, 0.717) is 37.8 Å². The molecule has 1 fully saturated rings. The molecular weight excluding hydrogens is 456 g/mol. The van der Waals surface area contributed by atoms with Crippen molar-refractivity contribution in [3.63, 3.8) is 0 Å². The van der Waals surface area contributed by atoms with E-state index in [-0.39, 0.29) is 37.1 Å². The van der Waals surface area contributed by atoms with Crippen molar-refractivity contribution in [1.29, 1.82) is 0 Å². The summed E-state index contributed by atoms with van der Waals surface area (Å²) in [6.45, 7) is 1.94. The average Bonchev–Trinajstić information content (AvgIpc) is 3.54. The van der Waals surface area contributed by atoms with Crippen LogP contribution >= 0.6 is 11.3 Å². The molecule has 9 heteroatoms. The van der Waals surface area contributed by atoms with Gasteiger partial charge >= 0.3 is 0 Å². The van der Waals surface area contributed by atoms with Crippen LogP contribution in [0.4, 0.5) is 0 Å². The second-order valence-corrected chi connectivity index (χ2v) is 9.49. The fourth-order valence-corrected chi connectivity index (χ4v) is 5.43. The molecule has 34 heavy (non-hydrogen) atoms. The molecule has 0 saturated carbocycles. The lowest BCUT2D eigenvalue weighted by molar-refractivity contribution is -0.145. The molecule has 3 heterocycles. The molecule has 1 aromatic carbocycles. The van der Waals surface area contributed by atoms with Crippen LogP contribution in [0.15, 0.2) is 35.7 Å². The van der Waals surface area contributed by atoms with Gasteiger partial charge in [0, 0.05) is 37.7 Å². The lowest BCUT2D eigenvalue weighted by Gasteiger charge is -2.37. The van der Waals surface area contributed by atoms with E-state index in [1.165, 1.54) is 12.0 Å². The zero-order valence-corrected chi connectivity index (χ0v) is 20.6. The Morgan fingerprint density at radius 2 is 2.09 bits per heavy atom. The number of hydrogen-bond donors (Lipinski definition) is 0. The maximum atomic E-state index is 13.5. The van der Waals surface area contributed by atoms with Crippen LogP contribution in [0.2, 0.25) is 0 Å². The maximum Gasteiger partial charge on any atom is 0.249 e. The number of rotatable bonds is 10. The molecule has 2 aromatic rings. The van der Waals surface area contributed by atoms with Crippen molar-refractivity contribution in [2.75, 3.05) is 53.7 Å². The van der Waals surface area contributed by atoms with Gasteiger partial charge in [0.1, 0.15) is 24.7 Å². The molecule has 0 radical (unpaired) electrons. The minimum Gasteiger partial charge on any atom is -0.497 e. The van der Waals surface area contributed by atoms with Gasteiger partial charge in [0.2, 0.25) is 11.8 Å². The molecule has 8 nitrogen and oxygen atoms in total. The van der Waals surface area contributed by atoms with Crippen molar-refractivity contribution >= 4 is 23.2 Å². The van der Waals surface area contributed by atoms with Gasteiger partial charge in [-0.1, -0.05) is 6.07 Å². The van der Waals surface area contributed by atoms with E-state index in [4.69, 9.17) is 18.9 Å². The maximum absolute atomic E-state index is 13.5. The number of methoxy groups -OCH3 is 2. The summed E-state index contributed by atoms with van der Waals surface area (Å²) in [5, 5.41) is 2.06. The molecule has 0 aliphatic carbocycles. The molecule has 4 rings (SSSR count). The lowest BCUT2D eigenvalue weighted by atomic mass is 10.0. The van der Waals surface area contributed by atoms with E-state index in [0.717, 1.165) is 24.8 Å². The van der Waals surface area contributed by atoms with Crippen LogP contribution in [0.1, 0.15) is 29.3 Å². The topological polar surface area (TPSA) is 77.5 Å². The number of fused-ring (bicyclic) bond motifs is 1. The second kappa shape index (κ2) is 11.7. The van der Waals surface area contributed by atoms with Crippen molar-refractivity contribution < 1.29 is 28.5 Å². The third kappa shape index (κ3) is 5.89. The zero-order valence-electron chi connectivity index (χ0n) is 19.7. The highest BCUT2D eigenvalue weighted by Crippen LogP contribution is 2.34. The third-order valence-corrected chi connectivity index (χ3v) is 7.26. The smallest absolute Gasteiger partial charge is 0.249 e. The second-order valence-electron chi connectivity index (χ2n) is 8.48. The minimum atomic E-state index is -0.226. The van der Waals surface area contributed by atoms with Crippen molar-refractivity contribution in [2.24, 2.45) is 0 Å². The fraction of sp³-hybridized carbons (Fsp3) is 0.520. The number of nitrogens with zero attached hydrogens (tertiary/aromatic N) is 2. The van der Waals surface area contributed by atoms with Gasteiger partial charge in [-0.15, -0.1) is 11.3 Å². The quantitative estimate of drug-likeness (QED) is 0.512. The Morgan fingerprint density at radius 3 is 2.85 bits per heavy atom. The first-order valence-electron chi connectivity index (χ1n) is 11.6. The number of benzene rings is 1. The van der Waals surface area contributed by atoms with Gasteiger partial charge < -0.3 is 28.7 Å².